The lowest BCUT2D eigenvalue weighted by Gasteiger charge is -2.24. The van der Waals surface area contributed by atoms with Crippen LogP contribution in [-0.2, 0) is 0 Å². The Bertz CT molecular complexity index is 724. The second-order valence-corrected chi connectivity index (χ2v) is 6.07. The number of aryl methyl sites for hydroxylation is 1. The molecule has 1 fully saturated rings. The fourth-order valence-corrected chi connectivity index (χ4v) is 3.08. The predicted molar refractivity (Wildman–Crippen MR) is 88.4 cm³/mol. The van der Waals surface area contributed by atoms with E-state index in [9.17, 15) is 9.90 Å². The molecule has 0 spiro atoms. The number of nitrogens with zero attached hydrogens (tertiary/aromatic N) is 3. The van der Waals surface area contributed by atoms with Crippen molar-refractivity contribution in [3.8, 4) is 11.4 Å². The number of hydrogen-bond donors (Lipinski definition) is 1. The minimum atomic E-state index is -1.03. The summed E-state index contributed by atoms with van der Waals surface area (Å²) in [7, 11) is 0. The van der Waals surface area contributed by atoms with Crippen LogP contribution >= 0.6 is 0 Å². The van der Waals surface area contributed by atoms with Crippen LogP contribution in [0.1, 0.15) is 47.6 Å². The molecule has 0 saturated carbocycles. The number of carboxylic acids is 1. The normalized spacial score (nSPS) is 16.4. The Morgan fingerprint density at radius 1 is 1.22 bits per heavy atom. The summed E-state index contributed by atoms with van der Waals surface area (Å²) in [4.78, 5) is 22.2. The summed E-state index contributed by atoms with van der Waals surface area (Å²) >= 11 is 0. The van der Waals surface area contributed by atoms with Crippen LogP contribution in [-0.4, -0.2) is 39.0 Å². The third-order valence-corrected chi connectivity index (χ3v) is 4.39. The van der Waals surface area contributed by atoms with Crippen LogP contribution in [0.3, 0.4) is 0 Å². The zero-order valence-electron chi connectivity index (χ0n) is 13.5. The lowest BCUT2D eigenvalue weighted by atomic mass is 10.0. The van der Waals surface area contributed by atoms with E-state index in [0.29, 0.717) is 17.6 Å². The molecule has 1 saturated heterocycles. The van der Waals surface area contributed by atoms with Gasteiger partial charge in [-0.05, 0) is 57.5 Å². The molecule has 0 amide bonds. The molecular formula is C18H21N3O2. The lowest BCUT2D eigenvalue weighted by molar-refractivity contribution is 0.0690. The van der Waals surface area contributed by atoms with E-state index in [2.05, 4.69) is 33.9 Å². The zero-order valence-corrected chi connectivity index (χ0v) is 13.5. The molecule has 1 aromatic heterocycles. The highest BCUT2D eigenvalue weighted by Crippen LogP contribution is 2.27. The molecule has 0 aliphatic carbocycles. The van der Waals surface area contributed by atoms with Crippen LogP contribution in [0.2, 0.25) is 0 Å². The van der Waals surface area contributed by atoms with Crippen molar-refractivity contribution in [2.24, 2.45) is 0 Å². The van der Waals surface area contributed by atoms with E-state index in [1.807, 2.05) is 12.1 Å². The number of hydrogen-bond acceptors (Lipinski definition) is 4. The van der Waals surface area contributed by atoms with Crippen molar-refractivity contribution < 1.29 is 9.90 Å². The van der Waals surface area contributed by atoms with Crippen molar-refractivity contribution >= 4 is 5.97 Å². The quantitative estimate of drug-likeness (QED) is 0.938. The molecule has 1 aliphatic heterocycles. The number of likely N-dealkylation sites (tertiary alicyclic amines) is 1. The van der Waals surface area contributed by atoms with Gasteiger partial charge >= 0.3 is 5.97 Å². The van der Waals surface area contributed by atoms with Crippen LogP contribution < -0.4 is 0 Å². The summed E-state index contributed by atoms with van der Waals surface area (Å²) in [5, 5.41) is 9.17. The van der Waals surface area contributed by atoms with Crippen LogP contribution in [0.25, 0.3) is 11.4 Å². The van der Waals surface area contributed by atoms with Crippen LogP contribution in [0, 0.1) is 6.92 Å². The zero-order chi connectivity index (χ0) is 16.4. The molecule has 1 aromatic carbocycles. The van der Waals surface area contributed by atoms with E-state index in [-0.39, 0.29) is 5.69 Å². The van der Waals surface area contributed by atoms with E-state index < -0.39 is 5.97 Å². The highest BCUT2D eigenvalue weighted by molar-refractivity contribution is 5.86. The summed E-state index contributed by atoms with van der Waals surface area (Å²) in [5.41, 5.74) is 2.77. The van der Waals surface area contributed by atoms with Crippen LogP contribution in [0.15, 0.2) is 30.3 Å². The van der Waals surface area contributed by atoms with E-state index in [1.54, 1.807) is 6.92 Å². The van der Waals surface area contributed by atoms with E-state index in [0.717, 1.165) is 18.7 Å². The van der Waals surface area contributed by atoms with Gasteiger partial charge in [-0.25, -0.2) is 14.8 Å². The third-order valence-electron chi connectivity index (χ3n) is 4.39. The average molecular weight is 311 g/mol. The molecule has 120 valence electrons. The number of carboxylic acid groups (broad SMARTS) is 1. The number of aromatic carboxylic acids is 1. The Hall–Kier alpha value is -2.27. The Labute approximate surface area is 136 Å². The molecular weight excluding hydrogens is 290 g/mol. The molecule has 5 nitrogen and oxygen atoms in total. The van der Waals surface area contributed by atoms with Gasteiger partial charge in [0.05, 0.1) is 0 Å². The van der Waals surface area contributed by atoms with Gasteiger partial charge in [0.2, 0.25) is 0 Å². The lowest BCUT2D eigenvalue weighted by Crippen LogP contribution is -2.23. The highest BCUT2D eigenvalue weighted by atomic mass is 16.4. The van der Waals surface area contributed by atoms with Gasteiger partial charge in [-0.15, -0.1) is 0 Å². The van der Waals surface area contributed by atoms with E-state index >= 15 is 0 Å². The van der Waals surface area contributed by atoms with Gasteiger partial charge in [0.15, 0.2) is 11.5 Å². The number of benzene rings is 1. The molecule has 0 unspecified atom stereocenters. The van der Waals surface area contributed by atoms with Crippen molar-refractivity contribution in [2.45, 2.75) is 32.7 Å². The molecule has 2 aromatic rings. The first-order chi connectivity index (χ1) is 11.0. The fraction of sp³-hybridized carbons (Fsp3) is 0.389. The SMILES string of the molecule is Cc1cc(C(=O)O)nc(-c2cccc([C@@H](C)N3CCCC3)c2)n1. The number of carbonyl (C=O) groups is 1. The first kappa shape index (κ1) is 15.6. The van der Waals surface area contributed by atoms with Crippen LogP contribution in [0.5, 0.6) is 0 Å². The van der Waals surface area contributed by atoms with Gasteiger partial charge in [0, 0.05) is 17.3 Å². The van der Waals surface area contributed by atoms with Gasteiger partial charge in [0.1, 0.15) is 0 Å². The number of rotatable bonds is 4. The molecule has 1 atom stereocenters. The minimum absolute atomic E-state index is 0.0329. The second-order valence-electron chi connectivity index (χ2n) is 6.07. The molecule has 3 rings (SSSR count). The third kappa shape index (κ3) is 3.40. The Morgan fingerprint density at radius 3 is 2.65 bits per heavy atom. The number of aromatic nitrogens is 2. The molecule has 23 heavy (non-hydrogen) atoms. The van der Waals surface area contributed by atoms with Crippen molar-refractivity contribution in [1.82, 2.24) is 14.9 Å². The highest BCUT2D eigenvalue weighted by Gasteiger charge is 2.20. The summed E-state index contributed by atoms with van der Waals surface area (Å²) in [5.74, 6) is -0.559. The summed E-state index contributed by atoms with van der Waals surface area (Å²) in [6.07, 6.45) is 2.51. The van der Waals surface area contributed by atoms with Crippen molar-refractivity contribution in [2.75, 3.05) is 13.1 Å². The minimum Gasteiger partial charge on any atom is -0.477 e. The predicted octanol–water partition coefficient (Wildman–Crippen LogP) is 3.31. The van der Waals surface area contributed by atoms with Gasteiger partial charge in [-0.1, -0.05) is 18.2 Å². The topological polar surface area (TPSA) is 66.3 Å². The first-order valence-electron chi connectivity index (χ1n) is 7.98. The Balaban J connectivity index is 1.94. The molecule has 5 heteroatoms. The Morgan fingerprint density at radius 2 is 1.96 bits per heavy atom. The smallest absolute Gasteiger partial charge is 0.354 e. The van der Waals surface area contributed by atoms with Gasteiger partial charge in [-0.2, -0.15) is 0 Å². The molecule has 0 bridgehead atoms. The summed E-state index contributed by atoms with van der Waals surface area (Å²) < 4.78 is 0. The first-order valence-corrected chi connectivity index (χ1v) is 7.98. The molecule has 1 N–H and O–H groups in total. The van der Waals surface area contributed by atoms with E-state index in [4.69, 9.17) is 0 Å². The largest absolute Gasteiger partial charge is 0.477 e. The summed E-state index contributed by atoms with van der Waals surface area (Å²) in [6.45, 7) is 6.27. The molecule has 1 aliphatic rings. The maximum atomic E-state index is 11.2. The van der Waals surface area contributed by atoms with Crippen molar-refractivity contribution in [1.29, 1.82) is 0 Å². The van der Waals surface area contributed by atoms with Gasteiger partial charge in [-0.3, -0.25) is 4.90 Å². The molecule has 2 heterocycles. The Kier molecular flexibility index (Phi) is 4.39. The second kappa shape index (κ2) is 6.46. The van der Waals surface area contributed by atoms with Crippen molar-refractivity contribution in [3.63, 3.8) is 0 Å². The maximum Gasteiger partial charge on any atom is 0.354 e. The fourth-order valence-electron chi connectivity index (χ4n) is 3.08. The van der Waals surface area contributed by atoms with Crippen molar-refractivity contribution in [3.05, 3.63) is 47.3 Å². The molecule has 0 radical (unpaired) electrons. The monoisotopic (exact) mass is 311 g/mol. The standard InChI is InChI=1S/C18H21N3O2/c1-12-10-16(18(22)23)20-17(19-12)15-7-5-6-14(11-15)13(2)21-8-3-4-9-21/h5-7,10-11,13H,3-4,8-9H2,1-2H3,(H,22,23)/t13-/m1/s1. The maximum absolute atomic E-state index is 11.2. The average Bonchev–Trinajstić information content (AvgIpc) is 3.08. The van der Waals surface area contributed by atoms with Gasteiger partial charge in [0.25, 0.3) is 0 Å². The summed E-state index contributed by atoms with van der Waals surface area (Å²) in [6, 6.07) is 9.94. The van der Waals surface area contributed by atoms with Crippen LogP contribution in [0.4, 0.5) is 0 Å². The van der Waals surface area contributed by atoms with E-state index in [1.165, 1.54) is 24.5 Å². The van der Waals surface area contributed by atoms with Gasteiger partial charge < -0.3 is 5.11 Å².